The van der Waals surface area contributed by atoms with Crippen LogP contribution in [0.4, 0.5) is 0 Å². The maximum absolute atomic E-state index is 12.8. The lowest BCUT2D eigenvalue weighted by molar-refractivity contribution is -0.156. The molecule has 3 aliphatic rings. The van der Waals surface area contributed by atoms with Crippen molar-refractivity contribution < 1.29 is 9.53 Å². The Bertz CT molecular complexity index is 312. The minimum Gasteiger partial charge on any atom is -0.368 e. The molecule has 1 amide bonds. The average molecular weight is 266 g/mol. The molecular weight excluding hydrogens is 240 g/mol. The van der Waals surface area contributed by atoms with Crippen molar-refractivity contribution in [2.75, 3.05) is 26.2 Å². The lowest BCUT2D eigenvalue weighted by Crippen LogP contribution is -2.65. The molecule has 2 heterocycles. The van der Waals surface area contributed by atoms with E-state index in [2.05, 4.69) is 10.2 Å². The quantitative estimate of drug-likeness (QED) is 0.785. The van der Waals surface area contributed by atoms with E-state index in [0.717, 1.165) is 45.5 Å². The van der Waals surface area contributed by atoms with Crippen molar-refractivity contribution in [1.29, 1.82) is 0 Å². The van der Waals surface area contributed by atoms with E-state index in [0.29, 0.717) is 0 Å². The molecule has 19 heavy (non-hydrogen) atoms. The standard InChI is InChI=1S/C15H26N2O2/c18-14(13-6-2-5-11-19-13)17-10-9-16-12-15(17)7-3-1-4-8-15/h13,16H,1-12H2. The van der Waals surface area contributed by atoms with E-state index in [-0.39, 0.29) is 17.6 Å². The fourth-order valence-electron chi connectivity index (χ4n) is 3.95. The van der Waals surface area contributed by atoms with Crippen LogP contribution in [0.15, 0.2) is 0 Å². The fraction of sp³-hybridized carbons (Fsp3) is 0.933. The molecule has 108 valence electrons. The van der Waals surface area contributed by atoms with Crippen LogP contribution in [0.25, 0.3) is 0 Å². The Labute approximate surface area is 115 Å². The van der Waals surface area contributed by atoms with Gasteiger partial charge < -0.3 is 15.0 Å². The van der Waals surface area contributed by atoms with Gasteiger partial charge in [-0.15, -0.1) is 0 Å². The average Bonchev–Trinajstić information content (AvgIpc) is 2.49. The molecule has 1 spiro atoms. The number of hydrogen-bond donors (Lipinski definition) is 1. The lowest BCUT2D eigenvalue weighted by Gasteiger charge is -2.50. The summed E-state index contributed by atoms with van der Waals surface area (Å²) in [5, 5.41) is 3.50. The molecule has 2 aliphatic heterocycles. The third-order valence-corrected chi connectivity index (χ3v) is 5.04. The Hall–Kier alpha value is -0.610. The number of nitrogens with zero attached hydrogens (tertiary/aromatic N) is 1. The molecule has 1 aliphatic carbocycles. The predicted molar refractivity (Wildman–Crippen MR) is 74.0 cm³/mol. The summed E-state index contributed by atoms with van der Waals surface area (Å²) < 4.78 is 5.72. The van der Waals surface area contributed by atoms with E-state index < -0.39 is 0 Å². The number of hydrogen-bond acceptors (Lipinski definition) is 3. The summed E-state index contributed by atoms with van der Waals surface area (Å²) in [5.74, 6) is 0.267. The monoisotopic (exact) mass is 266 g/mol. The largest absolute Gasteiger partial charge is 0.368 e. The Balaban J connectivity index is 1.73. The summed E-state index contributed by atoms with van der Waals surface area (Å²) in [5.41, 5.74) is 0.0917. The van der Waals surface area contributed by atoms with Gasteiger partial charge in [0.2, 0.25) is 0 Å². The second-order valence-corrected chi connectivity index (χ2v) is 6.31. The molecule has 1 atom stereocenters. The minimum atomic E-state index is -0.161. The van der Waals surface area contributed by atoms with Crippen LogP contribution in [-0.4, -0.2) is 48.7 Å². The van der Waals surface area contributed by atoms with Gasteiger partial charge in [0.25, 0.3) is 5.91 Å². The zero-order valence-electron chi connectivity index (χ0n) is 11.8. The number of carbonyl (C=O) groups is 1. The summed E-state index contributed by atoms with van der Waals surface area (Å²) in [6.45, 7) is 3.53. The molecule has 1 N–H and O–H groups in total. The summed E-state index contributed by atoms with van der Waals surface area (Å²) in [4.78, 5) is 15.0. The molecule has 2 saturated heterocycles. The van der Waals surface area contributed by atoms with Crippen LogP contribution in [0, 0.1) is 0 Å². The van der Waals surface area contributed by atoms with E-state index in [1.54, 1.807) is 0 Å². The van der Waals surface area contributed by atoms with Gasteiger partial charge in [-0.1, -0.05) is 19.3 Å². The predicted octanol–water partition coefficient (Wildman–Crippen LogP) is 1.69. The molecule has 0 aromatic rings. The highest BCUT2D eigenvalue weighted by molar-refractivity contribution is 5.82. The number of carbonyl (C=O) groups excluding carboxylic acids is 1. The van der Waals surface area contributed by atoms with Crippen LogP contribution >= 0.6 is 0 Å². The minimum absolute atomic E-state index is 0.0917. The number of ether oxygens (including phenoxy) is 1. The van der Waals surface area contributed by atoms with Gasteiger partial charge in [-0.3, -0.25) is 4.79 Å². The maximum Gasteiger partial charge on any atom is 0.252 e. The molecule has 0 bridgehead atoms. The molecular formula is C15H26N2O2. The Kier molecular flexibility index (Phi) is 4.08. The molecule has 1 unspecified atom stereocenters. The zero-order chi connectivity index (χ0) is 13.1. The van der Waals surface area contributed by atoms with Gasteiger partial charge in [0.1, 0.15) is 6.10 Å². The summed E-state index contributed by atoms with van der Waals surface area (Å²) in [6.07, 6.45) is 9.17. The second kappa shape index (κ2) is 5.80. The molecule has 1 saturated carbocycles. The first-order chi connectivity index (χ1) is 9.32. The van der Waals surface area contributed by atoms with Gasteiger partial charge in [-0.25, -0.2) is 0 Å². The van der Waals surface area contributed by atoms with Crippen molar-refractivity contribution in [3.05, 3.63) is 0 Å². The van der Waals surface area contributed by atoms with Crippen molar-refractivity contribution in [3.63, 3.8) is 0 Å². The summed E-state index contributed by atoms with van der Waals surface area (Å²) >= 11 is 0. The third-order valence-electron chi connectivity index (χ3n) is 5.04. The van der Waals surface area contributed by atoms with Crippen molar-refractivity contribution in [2.24, 2.45) is 0 Å². The molecule has 0 radical (unpaired) electrons. The van der Waals surface area contributed by atoms with Crippen molar-refractivity contribution in [1.82, 2.24) is 10.2 Å². The lowest BCUT2D eigenvalue weighted by atomic mass is 9.78. The highest BCUT2D eigenvalue weighted by atomic mass is 16.5. The topological polar surface area (TPSA) is 41.6 Å². The molecule has 4 nitrogen and oxygen atoms in total. The smallest absolute Gasteiger partial charge is 0.252 e. The summed E-state index contributed by atoms with van der Waals surface area (Å²) in [7, 11) is 0. The Morgan fingerprint density at radius 1 is 1.16 bits per heavy atom. The zero-order valence-corrected chi connectivity index (χ0v) is 11.8. The molecule has 3 fully saturated rings. The molecule has 0 aromatic heterocycles. The first-order valence-electron chi connectivity index (χ1n) is 7.96. The molecule has 3 rings (SSSR count). The molecule has 0 aromatic carbocycles. The van der Waals surface area contributed by atoms with E-state index in [1.807, 2.05) is 0 Å². The van der Waals surface area contributed by atoms with Gasteiger partial charge in [0, 0.05) is 26.2 Å². The third kappa shape index (κ3) is 2.65. The highest BCUT2D eigenvalue weighted by Gasteiger charge is 2.44. The Morgan fingerprint density at radius 3 is 2.74 bits per heavy atom. The summed E-state index contributed by atoms with van der Waals surface area (Å²) in [6, 6.07) is 0. The van der Waals surface area contributed by atoms with Gasteiger partial charge in [-0.05, 0) is 32.1 Å². The number of nitrogens with one attached hydrogen (secondary N) is 1. The normalized spacial score (nSPS) is 31.4. The van der Waals surface area contributed by atoms with Crippen LogP contribution in [0.5, 0.6) is 0 Å². The van der Waals surface area contributed by atoms with Crippen LogP contribution in [0.3, 0.4) is 0 Å². The van der Waals surface area contributed by atoms with Crippen LogP contribution in [-0.2, 0) is 9.53 Å². The van der Waals surface area contributed by atoms with Crippen LogP contribution < -0.4 is 5.32 Å². The van der Waals surface area contributed by atoms with Crippen molar-refractivity contribution in [2.45, 2.75) is 63.0 Å². The van der Waals surface area contributed by atoms with E-state index in [4.69, 9.17) is 4.74 Å². The van der Waals surface area contributed by atoms with E-state index in [9.17, 15) is 4.79 Å². The second-order valence-electron chi connectivity index (χ2n) is 6.31. The van der Waals surface area contributed by atoms with Gasteiger partial charge in [0.05, 0.1) is 5.54 Å². The van der Waals surface area contributed by atoms with E-state index in [1.165, 1.54) is 32.1 Å². The van der Waals surface area contributed by atoms with Gasteiger partial charge in [0.15, 0.2) is 0 Å². The van der Waals surface area contributed by atoms with Crippen LogP contribution in [0.1, 0.15) is 51.4 Å². The molecule has 4 heteroatoms. The Morgan fingerprint density at radius 2 is 2.00 bits per heavy atom. The SMILES string of the molecule is O=C(C1CCCCO1)N1CCNCC12CCCCC2. The van der Waals surface area contributed by atoms with Gasteiger partial charge in [-0.2, -0.15) is 0 Å². The first-order valence-corrected chi connectivity index (χ1v) is 7.96. The van der Waals surface area contributed by atoms with Crippen molar-refractivity contribution in [3.8, 4) is 0 Å². The van der Waals surface area contributed by atoms with Gasteiger partial charge >= 0.3 is 0 Å². The fourth-order valence-corrected chi connectivity index (χ4v) is 3.95. The van der Waals surface area contributed by atoms with E-state index >= 15 is 0 Å². The van der Waals surface area contributed by atoms with Crippen LogP contribution in [0.2, 0.25) is 0 Å². The number of piperazine rings is 1. The van der Waals surface area contributed by atoms with Crippen molar-refractivity contribution >= 4 is 5.91 Å². The number of rotatable bonds is 1. The number of amides is 1. The highest BCUT2D eigenvalue weighted by Crippen LogP contribution is 2.35. The maximum atomic E-state index is 12.8. The first kappa shape index (κ1) is 13.4.